The molecule has 0 N–H and O–H groups in total. The number of aromatic nitrogens is 1. The fraction of sp³-hybridized carbons (Fsp3) is 0.188. The largest absolute Gasteiger partial charge is 0.489 e. The van der Waals surface area contributed by atoms with E-state index in [4.69, 9.17) is 4.74 Å². The Morgan fingerprint density at radius 3 is 2.79 bits per heavy atom. The molecule has 0 fully saturated rings. The molecule has 124 valence electrons. The van der Waals surface area contributed by atoms with Gasteiger partial charge in [-0.15, -0.1) is 0 Å². The van der Waals surface area contributed by atoms with Crippen LogP contribution >= 0.6 is 11.3 Å². The maximum absolute atomic E-state index is 13.1. The fourth-order valence-electron chi connectivity index (χ4n) is 2.80. The number of fused-ring (bicyclic) bond motifs is 2. The Kier molecular flexibility index (Phi) is 3.40. The number of ether oxygens (including phenoxy) is 1. The third-order valence-electron chi connectivity index (χ3n) is 4.04. The molecule has 0 spiro atoms. The summed E-state index contributed by atoms with van der Waals surface area (Å²) < 4.78 is 35.2. The van der Waals surface area contributed by atoms with Gasteiger partial charge in [-0.25, -0.2) is 8.42 Å². The van der Waals surface area contributed by atoms with Crippen molar-refractivity contribution in [1.82, 2.24) is 4.57 Å². The van der Waals surface area contributed by atoms with Crippen molar-refractivity contribution in [3.63, 3.8) is 0 Å². The predicted octanol–water partition coefficient (Wildman–Crippen LogP) is 2.19. The first-order valence-corrected chi connectivity index (χ1v) is 9.58. The first-order valence-electron chi connectivity index (χ1n) is 7.32. The summed E-state index contributed by atoms with van der Waals surface area (Å²) in [5.74, 6) is 0.553. The Bertz CT molecular complexity index is 1100. The first-order chi connectivity index (χ1) is 11.5. The number of hydrogen-bond acceptors (Lipinski definition) is 5. The molecule has 24 heavy (non-hydrogen) atoms. The molecule has 1 aliphatic heterocycles. The zero-order chi connectivity index (χ0) is 16.9. The van der Waals surface area contributed by atoms with Gasteiger partial charge in [0.25, 0.3) is 10.0 Å². The van der Waals surface area contributed by atoms with E-state index in [2.05, 4.69) is 0 Å². The smallest absolute Gasteiger partial charge is 0.307 e. The normalized spacial score (nSPS) is 14.5. The summed E-state index contributed by atoms with van der Waals surface area (Å²) >= 11 is 1.04. The van der Waals surface area contributed by atoms with Crippen LogP contribution in [0.15, 0.2) is 52.2 Å². The van der Waals surface area contributed by atoms with Crippen molar-refractivity contribution in [2.24, 2.45) is 7.05 Å². The van der Waals surface area contributed by atoms with Crippen LogP contribution in [0.3, 0.4) is 0 Å². The SMILES string of the molecule is Cn1c(=O)sc2cc(S(=O)(=O)N3CCOc4ccccc43)ccc21. The number of aryl methyl sites for hydroxylation is 1. The summed E-state index contributed by atoms with van der Waals surface area (Å²) in [4.78, 5) is 11.8. The van der Waals surface area contributed by atoms with Gasteiger partial charge in [-0.3, -0.25) is 9.10 Å². The molecule has 1 aliphatic rings. The topological polar surface area (TPSA) is 68.6 Å². The third kappa shape index (κ3) is 2.22. The Labute approximate surface area is 142 Å². The molecule has 8 heteroatoms. The van der Waals surface area contributed by atoms with Gasteiger partial charge in [-0.05, 0) is 30.3 Å². The molecule has 2 aromatic carbocycles. The molecule has 0 atom stereocenters. The molecular weight excluding hydrogens is 348 g/mol. The van der Waals surface area contributed by atoms with Gasteiger partial charge >= 0.3 is 4.87 Å². The second kappa shape index (κ2) is 5.35. The van der Waals surface area contributed by atoms with Gasteiger partial charge in [0.15, 0.2) is 0 Å². The summed E-state index contributed by atoms with van der Waals surface area (Å²) in [6, 6.07) is 11.8. The highest BCUT2D eigenvalue weighted by Gasteiger charge is 2.30. The lowest BCUT2D eigenvalue weighted by Gasteiger charge is -2.30. The monoisotopic (exact) mass is 362 g/mol. The van der Waals surface area contributed by atoms with Crippen LogP contribution in [0, 0.1) is 0 Å². The predicted molar refractivity (Wildman–Crippen MR) is 93.5 cm³/mol. The van der Waals surface area contributed by atoms with Crippen LogP contribution in [0.1, 0.15) is 0 Å². The second-order valence-corrected chi connectivity index (χ2v) is 8.31. The highest BCUT2D eigenvalue weighted by Crippen LogP contribution is 2.35. The average molecular weight is 362 g/mol. The Morgan fingerprint density at radius 1 is 1.17 bits per heavy atom. The van der Waals surface area contributed by atoms with Gasteiger partial charge in [0.1, 0.15) is 12.4 Å². The van der Waals surface area contributed by atoms with Crippen molar-refractivity contribution in [1.29, 1.82) is 0 Å². The van der Waals surface area contributed by atoms with Crippen molar-refractivity contribution in [2.75, 3.05) is 17.5 Å². The number of nitrogens with zero attached hydrogens (tertiary/aromatic N) is 2. The van der Waals surface area contributed by atoms with Crippen LogP contribution in [0.4, 0.5) is 5.69 Å². The minimum Gasteiger partial charge on any atom is -0.489 e. The molecule has 0 aliphatic carbocycles. The molecule has 0 radical (unpaired) electrons. The van der Waals surface area contributed by atoms with Crippen LogP contribution in [0.2, 0.25) is 0 Å². The molecule has 1 aromatic heterocycles. The molecule has 0 saturated carbocycles. The fourth-order valence-corrected chi connectivity index (χ4v) is 5.28. The summed E-state index contributed by atoms with van der Waals surface area (Å²) in [5.41, 5.74) is 1.26. The number of para-hydroxylation sites is 2. The molecule has 6 nitrogen and oxygen atoms in total. The van der Waals surface area contributed by atoms with E-state index in [1.54, 1.807) is 43.4 Å². The Morgan fingerprint density at radius 2 is 1.96 bits per heavy atom. The van der Waals surface area contributed by atoms with E-state index in [9.17, 15) is 13.2 Å². The molecular formula is C16H14N2O4S2. The first kappa shape index (κ1) is 15.2. The second-order valence-electron chi connectivity index (χ2n) is 5.45. The van der Waals surface area contributed by atoms with Gasteiger partial charge in [0.2, 0.25) is 0 Å². The number of thiazole rings is 1. The van der Waals surface area contributed by atoms with Crippen LogP contribution in [0.5, 0.6) is 5.75 Å². The van der Waals surface area contributed by atoms with Gasteiger partial charge in [0, 0.05) is 7.05 Å². The Balaban J connectivity index is 1.85. The molecule has 2 heterocycles. The Hall–Kier alpha value is -2.32. The van der Waals surface area contributed by atoms with Gasteiger partial charge < -0.3 is 9.30 Å². The van der Waals surface area contributed by atoms with Crippen LogP contribution in [-0.4, -0.2) is 26.1 Å². The highest BCUT2D eigenvalue weighted by atomic mass is 32.2. The van der Waals surface area contributed by atoms with Crippen molar-refractivity contribution in [3.8, 4) is 5.75 Å². The van der Waals surface area contributed by atoms with E-state index in [1.165, 1.54) is 8.87 Å². The quantitative estimate of drug-likeness (QED) is 0.701. The minimum atomic E-state index is -3.72. The van der Waals surface area contributed by atoms with Gasteiger partial charge in [0.05, 0.1) is 27.3 Å². The van der Waals surface area contributed by atoms with Crippen molar-refractivity contribution in [3.05, 3.63) is 52.1 Å². The summed E-state index contributed by atoms with van der Waals surface area (Å²) in [6.45, 7) is 0.555. The number of benzene rings is 2. The van der Waals surface area contributed by atoms with E-state index in [0.717, 1.165) is 16.9 Å². The number of sulfonamides is 1. The van der Waals surface area contributed by atoms with Crippen LogP contribution in [-0.2, 0) is 17.1 Å². The van der Waals surface area contributed by atoms with Crippen LogP contribution < -0.4 is 13.9 Å². The highest BCUT2D eigenvalue weighted by molar-refractivity contribution is 7.92. The molecule has 0 unspecified atom stereocenters. The van der Waals surface area contributed by atoms with Crippen LogP contribution in [0.25, 0.3) is 10.2 Å². The number of rotatable bonds is 2. The lowest BCUT2D eigenvalue weighted by atomic mass is 10.2. The maximum Gasteiger partial charge on any atom is 0.307 e. The molecule has 3 aromatic rings. The number of hydrogen-bond donors (Lipinski definition) is 0. The van der Waals surface area contributed by atoms with E-state index in [0.29, 0.717) is 22.7 Å². The zero-order valence-corrected chi connectivity index (χ0v) is 14.4. The maximum atomic E-state index is 13.1. The zero-order valence-electron chi connectivity index (χ0n) is 12.8. The third-order valence-corrected chi connectivity index (χ3v) is 6.84. The molecule has 0 amide bonds. The lowest BCUT2D eigenvalue weighted by molar-refractivity contribution is 0.316. The molecule has 0 bridgehead atoms. The summed E-state index contributed by atoms with van der Waals surface area (Å²) in [5, 5.41) is 0. The molecule has 4 rings (SSSR count). The van der Waals surface area contributed by atoms with E-state index in [1.807, 2.05) is 6.07 Å². The average Bonchev–Trinajstić information content (AvgIpc) is 2.88. The minimum absolute atomic E-state index is 0.115. The summed E-state index contributed by atoms with van der Waals surface area (Å²) in [6.07, 6.45) is 0. The van der Waals surface area contributed by atoms with Crippen molar-refractivity contribution >= 4 is 37.3 Å². The van der Waals surface area contributed by atoms with Gasteiger partial charge in [-0.2, -0.15) is 0 Å². The van der Waals surface area contributed by atoms with Gasteiger partial charge in [-0.1, -0.05) is 23.5 Å². The number of anilines is 1. The summed E-state index contributed by atoms with van der Waals surface area (Å²) in [7, 11) is -2.05. The van der Waals surface area contributed by atoms with E-state index >= 15 is 0 Å². The van der Waals surface area contributed by atoms with Crippen molar-refractivity contribution in [2.45, 2.75) is 4.90 Å². The van der Waals surface area contributed by atoms with E-state index in [-0.39, 0.29) is 16.3 Å². The van der Waals surface area contributed by atoms with Crippen molar-refractivity contribution < 1.29 is 13.2 Å². The molecule has 0 saturated heterocycles. The van der Waals surface area contributed by atoms with E-state index < -0.39 is 10.0 Å². The standard InChI is InChI=1S/C16H14N2O4S2/c1-17-13-7-6-11(10-15(13)23-16(17)19)24(20,21)18-8-9-22-14-5-3-2-4-12(14)18/h2-7,10H,8-9H2,1H3. The lowest BCUT2D eigenvalue weighted by Crippen LogP contribution is -2.37.